The van der Waals surface area contributed by atoms with E-state index in [9.17, 15) is 18.0 Å². The highest BCUT2D eigenvalue weighted by Gasteiger charge is 2.26. The average Bonchev–Trinajstić information content (AvgIpc) is 3.18. The maximum Gasteiger partial charge on any atom is 0.252 e. The molecule has 3 aromatic rings. The molecule has 1 aromatic heterocycles. The zero-order valence-corrected chi connectivity index (χ0v) is 19.8. The van der Waals surface area contributed by atoms with Crippen LogP contribution < -0.4 is 5.56 Å². The normalized spacial score (nSPS) is 14.5. The number of hydrogen-bond acceptors (Lipinski definition) is 4. The number of rotatable bonds is 8. The Morgan fingerprint density at radius 3 is 2.52 bits per heavy atom. The second kappa shape index (κ2) is 9.49. The molecular weight excluding hydrogens is 438 g/mol. The lowest BCUT2D eigenvalue weighted by Crippen LogP contribution is -2.36. The molecule has 2 heterocycles. The molecule has 1 N–H and O–H groups in total. The van der Waals surface area contributed by atoms with Gasteiger partial charge in [0.25, 0.3) is 5.56 Å². The third kappa shape index (κ3) is 5.02. The van der Waals surface area contributed by atoms with Crippen LogP contribution in [0.3, 0.4) is 0 Å². The number of benzene rings is 2. The minimum atomic E-state index is -3.82. The van der Waals surface area contributed by atoms with Gasteiger partial charge in [0.15, 0.2) is 0 Å². The van der Waals surface area contributed by atoms with Gasteiger partial charge in [-0.2, -0.15) is 4.31 Å². The number of carbonyl (C=O) groups is 1. The number of likely N-dealkylation sites (tertiary alicyclic amines) is 1. The van der Waals surface area contributed by atoms with Crippen LogP contribution in [0.4, 0.5) is 0 Å². The highest BCUT2D eigenvalue weighted by molar-refractivity contribution is 7.89. The number of nitrogens with zero attached hydrogens (tertiary/aromatic N) is 2. The van der Waals surface area contributed by atoms with Crippen molar-refractivity contribution in [2.75, 3.05) is 19.6 Å². The molecule has 0 saturated carbocycles. The van der Waals surface area contributed by atoms with Crippen molar-refractivity contribution in [3.8, 4) is 0 Å². The zero-order chi connectivity index (χ0) is 23.6. The lowest BCUT2D eigenvalue weighted by molar-refractivity contribution is -0.127. The first-order valence-corrected chi connectivity index (χ1v) is 12.7. The number of nitrogens with one attached hydrogen (secondary N) is 1. The van der Waals surface area contributed by atoms with Crippen LogP contribution in [-0.2, 0) is 21.4 Å². The third-order valence-corrected chi connectivity index (χ3v) is 7.98. The fourth-order valence-corrected chi connectivity index (χ4v) is 5.91. The number of amides is 1. The molecule has 33 heavy (non-hydrogen) atoms. The summed E-state index contributed by atoms with van der Waals surface area (Å²) >= 11 is 0. The molecule has 1 saturated heterocycles. The summed E-state index contributed by atoms with van der Waals surface area (Å²) in [7, 11) is -3.82. The summed E-state index contributed by atoms with van der Waals surface area (Å²) in [5.74, 6) is 0.115. The first-order valence-electron chi connectivity index (χ1n) is 11.2. The Morgan fingerprint density at radius 2 is 1.82 bits per heavy atom. The standard InChI is InChI=1S/C25H29N3O4S/c1-18-14-19(2)22-16-20(25(30)26-23(22)15-18)17-28(13-7-12-27-11-6-10-24(27)29)33(31,32)21-8-4-3-5-9-21/h3-5,8-9,14-16H,6-7,10-13,17H2,1-2H3,(H,26,30). The molecule has 8 heteroatoms. The van der Waals surface area contributed by atoms with Crippen LogP contribution >= 0.6 is 0 Å². The predicted octanol–water partition coefficient (Wildman–Crippen LogP) is 3.35. The van der Waals surface area contributed by atoms with E-state index in [1.807, 2.05) is 26.0 Å². The van der Waals surface area contributed by atoms with Crippen molar-refractivity contribution in [1.82, 2.24) is 14.2 Å². The van der Waals surface area contributed by atoms with Gasteiger partial charge in [0.05, 0.1) is 4.90 Å². The van der Waals surface area contributed by atoms with Crippen LogP contribution in [0, 0.1) is 13.8 Å². The third-order valence-electron chi connectivity index (χ3n) is 6.12. The number of H-pyrrole nitrogens is 1. The summed E-state index contributed by atoms with van der Waals surface area (Å²) in [6.07, 6.45) is 1.90. The average molecular weight is 468 g/mol. The number of carbonyl (C=O) groups excluding carboxylic acids is 1. The topological polar surface area (TPSA) is 90.6 Å². The summed E-state index contributed by atoms with van der Waals surface area (Å²) in [5, 5.41) is 0.898. The fraction of sp³-hybridized carbons (Fsp3) is 0.360. The van der Waals surface area contributed by atoms with E-state index < -0.39 is 10.0 Å². The number of aromatic nitrogens is 1. The second-order valence-corrected chi connectivity index (χ2v) is 10.6. The van der Waals surface area contributed by atoms with E-state index in [1.54, 1.807) is 41.3 Å². The number of hydrogen-bond donors (Lipinski definition) is 1. The maximum absolute atomic E-state index is 13.4. The van der Waals surface area contributed by atoms with Gasteiger partial charge in [-0.25, -0.2) is 8.42 Å². The largest absolute Gasteiger partial charge is 0.343 e. The number of sulfonamides is 1. The van der Waals surface area contributed by atoms with E-state index >= 15 is 0 Å². The Kier molecular flexibility index (Phi) is 6.67. The van der Waals surface area contributed by atoms with E-state index in [0.29, 0.717) is 31.5 Å². The lowest BCUT2D eigenvalue weighted by Gasteiger charge is -2.24. The fourth-order valence-electron chi connectivity index (χ4n) is 4.43. The number of aryl methyl sites for hydroxylation is 2. The SMILES string of the molecule is Cc1cc(C)c2cc(CN(CCCN3CCCC3=O)S(=O)(=O)c3ccccc3)c(=O)[nH]c2c1. The maximum atomic E-state index is 13.4. The van der Waals surface area contributed by atoms with Gasteiger partial charge in [0.2, 0.25) is 15.9 Å². The minimum absolute atomic E-state index is 0.0379. The predicted molar refractivity (Wildman–Crippen MR) is 129 cm³/mol. The molecule has 2 aromatic carbocycles. The van der Waals surface area contributed by atoms with Crippen molar-refractivity contribution >= 4 is 26.8 Å². The molecule has 0 spiro atoms. The highest BCUT2D eigenvalue weighted by atomic mass is 32.2. The lowest BCUT2D eigenvalue weighted by atomic mass is 10.0. The number of pyridine rings is 1. The van der Waals surface area contributed by atoms with Crippen LogP contribution in [-0.4, -0.2) is 48.1 Å². The van der Waals surface area contributed by atoms with Gasteiger partial charge in [0, 0.05) is 49.1 Å². The van der Waals surface area contributed by atoms with Gasteiger partial charge >= 0.3 is 0 Å². The first kappa shape index (κ1) is 23.2. The van der Waals surface area contributed by atoms with Gasteiger partial charge in [-0.3, -0.25) is 9.59 Å². The summed E-state index contributed by atoms with van der Waals surface area (Å²) in [6, 6.07) is 14.0. The van der Waals surface area contributed by atoms with Gasteiger partial charge in [-0.1, -0.05) is 24.3 Å². The molecule has 1 amide bonds. The Balaban J connectivity index is 1.65. The van der Waals surface area contributed by atoms with Crippen LogP contribution in [0.25, 0.3) is 10.9 Å². The summed E-state index contributed by atoms with van der Waals surface area (Å²) in [4.78, 5) is 29.7. The summed E-state index contributed by atoms with van der Waals surface area (Å²) in [6.45, 7) is 5.34. The van der Waals surface area contributed by atoms with Gasteiger partial charge < -0.3 is 9.88 Å². The molecule has 0 unspecified atom stereocenters. The van der Waals surface area contributed by atoms with Crippen molar-refractivity contribution in [3.05, 3.63) is 75.6 Å². The van der Waals surface area contributed by atoms with Crippen molar-refractivity contribution in [2.24, 2.45) is 0 Å². The molecule has 1 aliphatic heterocycles. The van der Waals surface area contributed by atoms with Crippen molar-refractivity contribution in [2.45, 2.75) is 44.6 Å². The molecule has 7 nitrogen and oxygen atoms in total. The quantitative estimate of drug-likeness (QED) is 0.550. The van der Waals surface area contributed by atoms with E-state index in [-0.39, 0.29) is 29.5 Å². The van der Waals surface area contributed by atoms with Crippen molar-refractivity contribution < 1.29 is 13.2 Å². The van der Waals surface area contributed by atoms with Crippen LogP contribution in [0.15, 0.2) is 58.2 Å². The van der Waals surface area contributed by atoms with Gasteiger partial charge in [0.1, 0.15) is 0 Å². The van der Waals surface area contributed by atoms with Crippen LogP contribution in [0.1, 0.15) is 36.0 Å². The van der Waals surface area contributed by atoms with E-state index in [0.717, 1.165) is 28.5 Å². The molecule has 0 aliphatic carbocycles. The molecule has 174 valence electrons. The van der Waals surface area contributed by atoms with Gasteiger partial charge in [-0.05, 0) is 62.1 Å². The van der Waals surface area contributed by atoms with Crippen LogP contribution in [0.2, 0.25) is 0 Å². The van der Waals surface area contributed by atoms with Crippen LogP contribution in [0.5, 0.6) is 0 Å². The smallest absolute Gasteiger partial charge is 0.252 e. The summed E-state index contributed by atoms with van der Waals surface area (Å²) in [5.41, 5.74) is 2.91. The van der Waals surface area contributed by atoms with E-state index in [1.165, 1.54) is 4.31 Å². The molecule has 1 fully saturated rings. The minimum Gasteiger partial charge on any atom is -0.343 e. The Bertz CT molecular complexity index is 1330. The molecule has 4 rings (SSSR count). The Morgan fingerprint density at radius 1 is 1.06 bits per heavy atom. The second-order valence-electron chi connectivity index (χ2n) is 8.66. The zero-order valence-electron chi connectivity index (χ0n) is 19.0. The molecule has 0 atom stereocenters. The first-order chi connectivity index (χ1) is 15.8. The summed E-state index contributed by atoms with van der Waals surface area (Å²) < 4.78 is 28.2. The molecule has 0 radical (unpaired) electrons. The van der Waals surface area contributed by atoms with E-state index in [4.69, 9.17) is 0 Å². The van der Waals surface area contributed by atoms with E-state index in [2.05, 4.69) is 4.98 Å². The number of aromatic amines is 1. The van der Waals surface area contributed by atoms with Crippen molar-refractivity contribution in [3.63, 3.8) is 0 Å². The molecule has 0 bridgehead atoms. The van der Waals surface area contributed by atoms with Gasteiger partial charge in [-0.15, -0.1) is 0 Å². The monoisotopic (exact) mass is 467 g/mol. The molecular formula is C25H29N3O4S. The molecule has 1 aliphatic rings. The highest BCUT2D eigenvalue weighted by Crippen LogP contribution is 2.22. The van der Waals surface area contributed by atoms with Crippen molar-refractivity contribution in [1.29, 1.82) is 0 Å². The Hall–Kier alpha value is -2.97. The number of fused-ring (bicyclic) bond motifs is 1. The Labute approximate surface area is 194 Å².